The molecule has 0 amide bonds. The third-order valence-corrected chi connectivity index (χ3v) is 5.51. The van der Waals surface area contributed by atoms with Crippen LogP contribution in [0.15, 0.2) is 16.8 Å². The van der Waals surface area contributed by atoms with Crippen LogP contribution in [0.25, 0.3) is 0 Å². The third-order valence-electron chi connectivity index (χ3n) is 2.99. The number of thiophene rings is 1. The van der Waals surface area contributed by atoms with Gasteiger partial charge in [-0.25, -0.2) is 8.42 Å². The fourth-order valence-corrected chi connectivity index (χ4v) is 4.53. The lowest BCUT2D eigenvalue weighted by Gasteiger charge is -2.26. The van der Waals surface area contributed by atoms with Gasteiger partial charge >= 0.3 is 0 Å². The predicted octanol–water partition coefficient (Wildman–Crippen LogP) is 1.98. The van der Waals surface area contributed by atoms with Crippen LogP contribution in [0.4, 0.5) is 0 Å². The van der Waals surface area contributed by atoms with Crippen LogP contribution in [0.2, 0.25) is 0 Å². The quantitative estimate of drug-likeness (QED) is 0.903. The summed E-state index contributed by atoms with van der Waals surface area (Å²) < 4.78 is 23.0. The highest BCUT2D eigenvalue weighted by Gasteiger charge is 2.25. The third kappa shape index (κ3) is 3.06. The highest BCUT2D eigenvalue weighted by molar-refractivity contribution is 7.91. The van der Waals surface area contributed by atoms with Crippen molar-refractivity contribution in [1.29, 1.82) is 0 Å². The average molecular weight is 259 g/mol. The van der Waals surface area contributed by atoms with E-state index in [1.807, 2.05) is 5.38 Å². The van der Waals surface area contributed by atoms with Crippen LogP contribution in [0.5, 0.6) is 0 Å². The van der Waals surface area contributed by atoms with E-state index in [9.17, 15) is 8.42 Å². The average Bonchev–Trinajstić information content (AvgIpc) is 2.68. The van der Waals surface area contributed by atoms with Crippen molar-refractivity contribution in [3.63, 3.8) is 0 Å². The lowest BCUT2D eigenvalue weighted by atomic mass is 10.1. The Morgan fingerprint density at radius 3 is 3.00 bits per heavy atom. The van der Waals surface area contributed by atoms with Crippen molar-refractivity contribution >= 4 is 21.2 Å². The van der Waals surface area contributed by atoms with Crippen LogP contribution >= 0.6 is 11.3 Å². The van der Waals surface area contributed by atoms with E-state index in [2.05, 4.69) is 23.7 Å². The summed E-state index contributed by atoms with van der Waals surface area (Å²) in [5.41, 5.74) is 1.24. The molecule has 0 aliphatic carbocycles. The number of hydrogen-bond acceptors (Lipinski definition) is 4. The van der Waals surface area contributed by atoms with Gasteiger partial charge in [-0.15, -0.1) is 0 Å². The minimum atomic E-state index is -2.81. The van der Waals surface area contributed by atoms with E-state index in [1.54, 1.807) is 11.3 Å². The molecule has 0 radical (unpaired) electrons. The van der Waals surface area contributed by atoms with Crippen molar-refractivity contribution in [2.75, 3.05) is 11.5 Å². The van der Waals surface area contributed by atoms with Crippen molar-refractivity contribution in [2.45, 2.75) is 31.8 Å². The summed E-state index contributed by atoms with van der Waals surface area (Å²) in [5, 5.41) is 7.56. The summed E-state index contributed by atoms with van der Waals surface area (Å²) in [5.74, 6) is 0.652. The molecular weight excluding hydrogens is 242 g/mol. The molecule has 1 fully saturated rings. The summed E-state index contributed by atoms with van der Waals surface area (Å²) in [6.45, 7) is 2.09. The zero-order valence-electron chi connectivity index (χ0n) is 9.35. The Bertz CT molecular complexity index is 425. The van der Waals surface area contributed by atoms with Crippen molar-refractivity contribution in [3.8, 4) is 0 Å². The standard InChI is InChI=1S/C11H17NO2S2/c1-9(10-4-5-15-7-10)12-11-3-2-6-16(13,14)8-11/h4-5,7,9,11-12H,2-3,6,8H2,1H3. The molecule has 1 aromatic rings. The van der Waals surface area contributed by atoms with E-state index in [4.69, 9.17) is 0 Å². The van der Waals surface area contributed by atoms with Gasteiger partial charge in [0.05, 0.1) is 11.5 Å². The normalized spacial score (nSPS) is 26.4. The molecule has 5 heteroatoms. The molecule has 90 valence electrons. The van der Waals surface area contributed by atoms with Crippen LogP contribution < -0.4 is 5.32 Å². The predicted molar refractivity (Wildman–Crippen MR) is 67.5 cm³/mol. The van der Waals surface area contributed by atoms with Gasteiger partial charge in [-0.2, -0.15) is 11.3 Å². The van der Waals surface area contributed by atoms with Gasteiger partial charge in [0.15, 0.2) is 9.84 Å². The molecule has 0 saturated carbocycles. The summed E-state index contributed by atoms with van der Waals surface area (Å²) in [6, 6.07) is 2.44. The highest BCUT2D eigenvalue weighted by atomic mass is 32.2. The van der Waals surface area contributed by atoms with Crippen molar-refractivity contribution < 1.29 is 8.42 Å². The Morgan fingerprint density at radius 1 is 1.56 bits per heavy atom. The van der Waals surface area contributed by atoms with Crippen molar-refractivity contribution in [1.82, 2.24) is 5.32 Å². The number of hydrogen-bond donors (Lipinski definition) is 1. The van der Waals surface area contributed by atoms with Crippen LogP contribution in [-0.4, -0.2) is 26.0 Å². The molecule has 2 heterocycles. The molecule has 0 spiro atoms. The highest BCUT2D eigenvalue weighted by Crippen LogP contribution is 2.19. The maximum atomic E-state index is 11.5. The van der Waals surface area contributed by atoms with E-state index < -0.39 is 9.84 Å². The first-order chi connectivity index (χ1) is 7.57. The Hall–Kier alpha value is -0.390. The molecule has 1 saturated heterocycles. The summed E-state index contributed by atoms with van der Waals surface area (Å²) in [6.07, 6.45) is 1.75. The maximum Gasteiger partial charge on any atom is 0.151 e. The van der Waals surface area contributed by atoms with Gasteiger partial charge in [-0.1, -0.05) is 0 Å². The second-order valence-electron chi connectivity index (χ2n) is 4.40. The monoisotopic (exact) mass is 259 g/mol. The SMILES string of the molecule is CC(NC1CCCS(=O)(=O)C1)c1ccsc1. The first kappa shape index (κ1) is 12.1. The summed E-state index contributed by atoms with van der Waals surface area (Å²) in [7, 11) is -2.81. The second kappa shape index (κ2) is 4.85. The van der Waals surface area contributed by atoms with Gasteiger partial charge in [0.2, 0.25) is 0 Å². The lowest BCUT2D eigenvalue weighted by molar-refractivity contribution is 0.438. The first-order valence-electron chi connectivity index (χ1n) is 5.55. The smallest absolute Gasteiger partial charge is 0.151 e. The van der Waals surface area contributed by atoms with Gasteiger partial charge < -0.3 is 5.32 Å². The van der Waals surface area contributed by atoms with Crippen LogP contribution in [0, 0.1) is 0 Å². The molecule has 3 nitrogen and oxygen atoms in total. The minimum Gasteiger partial charge on any atom is -0.306 e. The van der Waals surface area contributed by atoms with Crippen molar-refractivity contribution in [3.05, 3.63) is 22.4 Å². The topological polar surface area (TPSA) is 46.2 Å². The zero-order chi connectivity index (χ0) is 11.6. The Kier molecular flexibility index (Phi) is 3.66. The molecule has 0 aromatic carbocycles. The molecular formula is C11H17NO2S2. The molecule has 2 rings (SSSR count). The van der Waals surface area contributed by atoms with E-state index in [0.717, 1.165) is 12.8 Å². The van der Waals surface area contributed by atoms with Gasteiger partial charge in [-0.3, -0.25) is 0 Å². The van der Waals surface area contributed by atoms with Crippen molar-refractivity contribution in [2.24, 2.45) is 0 Å². The zero-order valence-corrected chi connectivity index (χ0v) is 11.0. The minimum absolute atomic E-state index is 0.119. The molecule has 1 aromatic heterocycles. The summed E-state index contributed by atoms with van der Waals surface area (Å²) in [4.78, 5) is 0. The van der Waals surface area contributed by atoms with E-state index in [1.165, 1.54) is 5.56 Å². The van der Waals surface area contributed by atoms with Crippen LogP contribution in [0.1, 0.15) is 31.4 Å². The Balaban J connectivity index is 1.95. The molecule has 1 aliphatic heterocycles. The Morgan fingerprint density at radius 2 is 2.38 bits per heavy atom. The largest absolute Gasteiger partial charge is 0.306 e. The number of sulfone groups is 1. The molecule has 2 atom stereocenters. The van der Waals surface area contributed by atoms with Gasteiger partial charge in [0, 0.05) is 12.1 Å². The van der Waals surface area contributed by atoms with Gasteiger partial charge in [0.1, 0.15) is 0 Å². The number of nitrogens with one attached hydrogen (secondary N) is 1. The van der Waals surface area contributed by atoms with Gasteiger partial charge in [-0.05, 0) is 42.2 Å². The maximum absolute atomic E-state index is 11.5. The molecule has 16 heavy (non-hydrogen) atoms. The number of rotatable bonds is 3. The summed E-state index contributed by atoms with van der Waals surface area (Å²) >= 11 is 1.67. The second-order valence-corrected chi connectivity index (χ2v) is 7.41. The van der Waals surface area contributed by atoms with Crippen LogP contribution in [-0.2, 0) is 9.84 Å². The van der Waals surface area contributed by atoms with Gasteiger partial charge in [0.25, 0.3) is 0 Å². The Labute approximate surface area is 101 Å². The fraction of sp³-hybridized carbons (Fsp3) is 0.636. The fourth-order valence-electron chi connectivity index (χ4n) is 2.13. The molecule has 1 N–H and O–H groups in total. The lowest BCUT2D eigenvalue weighted by Crippen LogP contribution is -2.41. The molecule has 0 bridgehead atoms. The van der Waals surface area contributed by atoms with E-state index in [-0.39, 0.29) is 12.1 Å². The first-order valence-corrected chi connectivity index (χ1v) is 8.32. The van der Waals surface area contributed by atoms with E-state index in [0.29, 0.717) is 11.5 Å². The van der Waals surface area contributed by atoms with Crippen LogP contribution in [0.3, 0.4) is 0 Å². The molecule has 1 aliphatic rings. The van der Waals surface area contributed by atoms with E-state index >= 15 is 0 Å². The molecule has 2 unspecified atom stereocenters.